The minimum atomic E-state index is -1.000. The lowest BCUT2D eigenvalue weighted by atomic mass is 10.0. The molecule has 0 fully saturated rings. The molecule has 250 valence electrons. The average Bonchev–Trinajstić information content (AvgIpc) is 3.35. The lowest BCUT2D eigenvalue weighted by molar-refractivity contribution is -0.384. The van der Waals surface area contributed by atoms with Crippen LogP contribution < -0.4 is 20.7 Å². The number of anilines is 1. The van der Waals surface area contributed by atoms with E-state index in [-0.39, 0.29) is 54.6 Å². The predicted octanol–water partition coefficient (Wildman–Crippen LogP) is 3.38. The van der Waals surface area contributed by atoms with Gasteiger partial charge in [0.15, 0.2) is 0 Å². The third-order valence-electron chi connectivity index (χ3n) is 7.03. The molecule has 47 heavy (non-hydrogen) atoms. The van der Waals surface area contributed by atoms with Gasteiger partial charge >= 0.3 is 6.16 Å². The molecule has 2 aromatic carbocycles. The van der Waals surface area contributed by atoms with Crippen molar-refractivity contribution in [2.45, 2.75) is 65.1 Å². The number of hydrogen-bond acceptors (Lipinski definition) is 10. The molecule has 2 atom stereocenters. The van der Waals surface area contributed by atoms with Gasteiger partial charge in [-0.3, -0.25) is 39.0 Å². The fraction of sp³-hybridized carbons (Fsp3) is 0.375. The second-order valence-electron chi connectivity index (χ2n) is 11.1. The smallest absolute Gasteiger partial charge is 0.429 e. The molecule has 1 aliphatic heterocycles. The van der Waals surface area contributed by atoms with Crippen molar-refractivity contribution in [2.24, 2.45) is 5.92 Å². The van der Waals surface area contributed by atoms with Crippen LogP contribution in [0.25, 0.3) is 0 Å². The lowest BCUT2D eigenvalue weighted by Gasteiger charge is -2.24. The predicted molar refractivity (Wildman–Crippen MR) is 168 cm³/mol. The number of benzene rings is 2. The minimum Gasteiger partial charge on any atom is -0.429 e. The molecular weight excluding hydrogens is 614 g/mol. The molecule has 0 radical (unpaired) electrons. The van der Waals surface area contributed by atoms with Crippen LogP contribution in [-0.2, 0) is 35.3 Å². The Bertz CT molecular complexity index is 1490. The van der Waals surface area contributed by atoms with Crippen molar-refractivity contribution in [3.63, 3.8) is 0 Å². The van der Waals surface area contributed by atoms with E-state index in [1.165, 1.54) is 43.3 Å². The van der Waals surface area contributed by atoms with Crippen LogP contribution in [-0.4, -0.2) is 64.1 Å². The van der Waals surface area contributed by atoms with E-state index in [4.69, 9.17) is 9.47 Å². The number of rotatable bonds is 16. The van der Waals surface area contributed by atoms with Crippen molar-refractivity contribution in [3.8, 4) is 5.75 Å². The summed E-state index contributed by atoms with van der Waals surface area (Å²) in [6.07, 6.45) is 3.30. The summed E-state index contributed by atoms with van der Waals surface area (Å²) in [5.41, 5.74) is 0.872. The van der Waals surface area contributed by atoms with Gasteiger partial charge in [0.1, 0.15) is 24.4 Å². The molecule has 1 aliphatic rings. The first-order valence-corrected chi connectivity index (χ1v) is 15.0. The van der Waals surface area contributed by atoms with E-state index in [0.717, 1.165) is 4.90 Å². The second kappa shape index (κ2) is 17.2. The number of nitro benzene ring substituents is 1. The van der Waals surface area contributed by atoms with Crippen molar-refractivity contribution in [3.05, 3.63) is 76.4 Å². The maximum Gasteiger partial charge on any atom is 0.514 e. The zero-order chi connectivity index (χ0) is 34.5. The molecule has 0 aromatic heterocycles. The van der Waals surface area contributed by atoms with Gasteiger partial charge in [-0.25, -0.2) is 4.79 Å². The van der Waals surface area contributed by atoms with Crippen molar-refractivity contribution in [1.82, 2.24) is 15.5 Å². The second-order valence-corrected chi connectivity index (χ2v) is 11.1. The van der Waals surface area contributed by atoms with Crippen LogP contribution in [0.15, 0.2) is 60.7 Å². The number of nitrogens with one attached hydrogen (secondary N) is 3. The first-order valence-electron chi connectivity index (χ1n) is 15.0. The minimum absolute atomic E-state index is 0.0831. The van der Waals surface area contributed by atoms with E-state index in [2.05, 4.69) is 16.0 Å². The van der Waals surface area contributed by atoms with E-state index in [9.17, 15) is 38.9 Å². The molecule has 15 nitrogen and oxygen atoms in total. The van der Waals surface area contributed by atoms with Crippen LogP contribution in [0, 0.1) is 16.0 Å². The van der Waals surface area contributed by atoms with Crippen molar-refractivity contribution >= 4 is 47.1 Å². The molecule has 5 amide bonds. The Labute approximate surface area is 270 Å². The van der Waals surface area contributed by atoms with Crippen LogP contribution >= 0.6 is 0 Å². The first kappa shape index (κ1) is 35.9. The molecule has 0 saturated carbocycles. The quantitative estimate of drug-likeness (QED) is 0.0603. The van der Waals surface area contributed by atoms with Crippen LogP contribution in [0.2, 0.25) is 0 Å². The van der Waals surface area contributed by atoms with Gasteiger partial charge in [-0.05, 0) is 55.5 Å². The molecule has 3 rings (SSSR count). The van der Waals surface area contributed by atoms with Crippen LogP contribution in [0.5, 0.6) is 5.75 Å². The lowest BCUT2D eigenvalue weighted by Crippen LogP contribution is -2.53. The number of imide groups is 1. The van der Waals surface area contributed by atoms with E-state index in [1.54, 1.807) is 38.1 Å². The number of ether oxygens (including phenoxy) is 2. The topological polar surface area (TPSA) is 203 Å². The van der Waals surface area contributed by atoms with E-state index >= 15 is 0 Å². The maximum absolute atomic E-state index is 12.9. The van der Waals surface area contributed by atoms with Crippen molar-refractivity contribution < 1.29 is 43.2 Å². The molecule has 0 saturated heterocycles. The highest BCUT2D eigenvalue weighted by molar-refractivity contribution is 6.12. The Morgan fingerprint density at radius 1 is 0.851 bits per heavy atom. The van der Waals surface area contributed by atoms with Gasteiger partial charge in [0.25, 0.3) is 17.5 Å². The molecular formula is C32H37N5O10. The summed E-state index contributed by atoms with van der Waals surface area (Å²) in [4.78, 5) is 84.6. The number of nitro groups is 1. The number of hydrogen-bond donors (Lipinski definition) is 3. The standard InChI is InChI=1S/C32H37N5O10/c1-20(2)29(35-26(38)7-5-4-6-18-36-27(39)16-17-28(36)40)31(42)33-21(3)30(41)34-23-10-8-22(9-11-23)19-46-32(43)47-25-14-12-24(13-15-25)37(44)45/h8-17,20-21,29H,4-7,18-19H2,1-3H3,(H,33,42)(H,34,41)(H,35,38). The molecule has 0 spiro atoms. The summed E-state index contributed by atoms with van der Waals surface area (Å²) in [6.45, 7) is 5.21. The largest absolute Gasteiger partial charge is 0.514 e. The third-order valence-corrected chi connectivity index (χ3v) is 7.03. The Kier molecular flexibility index (Phi) is 13.1. The fourth-order valence-corrected chi connectivity index (χ4v) is 4.37. The van der Waals surface area contributed by atoms with Crippen molar-refractivity contribution in [2.75, 3.05) is 11.9 Å². The number of amides is 5. The normalized spacial score (nSPS) is 13.6. The molecule has 2 aromatic rings. The van der Waals surface area contributed by atoms with Gasteiger partial charge in [-0.1, -0.05) is 32.4 Å². The number of carbonyl (C=O) groups excluding carboxylic acids is 6. The highest BCUT2D eigenvalue weighted by atomic mass is 16.7. The zero-order valence-electron chi connectivity index (χ0n) is 26.2. The molecule has 15 heteroatoms. The molecule has 3 N–H and O–H groups in total. The zero-order valence-corrected chi connectivity index (χ0v) is 26.2. The Morgan fingerprint density at radius 2 is 1.49 bits per heavy atom. The van der Waals surface area contributed by atoms with Crippen molar-refractivity contribution in [1.29, 1.82) is 0 Å². The summed E-state index contributed by atoms with van der Waals surface area (Å²) < 4.78 is 10.0. The molecule has 1 heterocycles. The van der Waals surface area contributed by atoms with E-state index < -0.39 is 35.0 Å². The van der Waals surface area contributed by atoms with Gasteiger partial charge < -0.3 is 25.4 Å². The van der Waals surface area contributed by atoms with Crippen LogP contribution in [0.4, 0.5) is 16.2 Å². The number of non-ortho nitro benzene ring substituents is 1. The first-order chi connectivity index (χ1) is 22.3. The summed E-state index contributed by atoms with van der Waals surface area (Å²) in [7, 11) is 0. The van der Waals surface area contributed by atoms with E-state index in [0.29, 0.717) is 30.5 Å². The SMILES string of the molecule is CC(NC(=O)C(NC(=O)CCCCCN1C(=O)C=CC1=O)C(C)C)C(=O)Nc1ccc(COC(=O)Oc2ccc([N+](=O)[O-])cc2)cc1. The van der Waals surface area contributed by atoms with Gasteiger partial charge in [0, 0.05) is 42.9 Å². The van der Waals surface area contributed by atoms with Gasteiger partial charge in [0.05, 0.1) is 4.92 Å². The van der Waals surface area contributed by atoms with Gasteiger partial charge in [-0.2, -0.15) is 0 Å². The van der Waals surface area contributed by atoms with E-state index in [1.807, 2.05) is 0 Å². The molecule has 0 aliphatic carbocycles. The Morgan fingerprint density at radius 3 is 2.09 bits per heavy atom. The average molecular weight is 652 g/mol. The van der Waals surface area contributed by atoms with Gasteiger partial charge in [0.2, 0.25) is 17.7 Å². The summed E-state index contributed by atoms with van der Waals surface area (Å²) in [5, 5.41) is 18.8. The highest BCUT2D eigenvalue weighted by Gasteiger charge is 2.27. The summed E-state index contributed by atoms with van der Waals surface area (Å²) in [6, 6.07) is 9.54. The fourth-order valence-electron chi connectivity index (χ4n) is 4.37. The number of carbonyl (C=O) groups is 6. The van der Waals surface area contributed by atoms with Crippen LogP contribution in [0.3, 0.4) is 0 Å². The Balaban J connectivity index is 1.38. The van der Waals surface area contributed by atoms with Crippen LogP contribution in [0.1, 0.15) is 52.0 Å². The number of nitrogens with zero attached hydrogens (tertiary/aromatic N) is 2. The summed E-state index contributed by atoms with van der Waals surface area (Å²) in [5.74, 6) is -2.18. The molecule has 2 unspecified atom stereocenters. The van der Waals surface area contributed by atoms with Gasteiger partial charge in [-0.15, -0.1) is 0 Å². The summed E-state index contributed by atoms with van der Waals surface area (Å²) >= 11 is 0. The highest BCUT2D eigenvalue weighted by Crippen LogP contribution is 2.18. The number of unbranched alkanes of at least 4 members (excludes halogenated alkanes) is 2. The monoisotopic (exact) mass is 651 g/mol. The third kappa shape index (κ3) is 11.4. The maximum atomic E-state index is 12.9. The molecule has 0 bridgehead atoms. The Hall–Kier alpha value is -5.60.